The average Bonchev–Trinajstić information content (AvgIpc) is 3.37. The van der Waals surface area contributed by atoms with Crippen molar-refractivity contribution in [2.45, 2.75) is 134 Å². The zero-order valence-corrected chi connectivity index (χ0v) is 44.0. The lowest BCUT2D eigenvalue weighted by molar-refractivity contribution is -0.142. The number of hydrogen-bond donors (Lipinski definition) is 10. The molecule has 414 valence electrons. The smallest absolute Gasteiger partial charge is 0.305 e. The molecule has 0 unspecified atom stereocenters. The number of aryl methyl sites for hydroxylation is 4. The quantitative estimate of drug-likeness (QED) is 0.0150. The molecule has 22 heteroatoms. The van der Waals surface area contributed by atoms with Crippen molar-refractivity contribution >= 4 is 41.4 Å². The Balaban J connectivity index is 1.56. The van der Waals surface area contributed by atoms with Crippen molar-refractivity contribution < 1.29 is 58.0 Å². The number of nitrogens with two attached hydrogens (primary N) is 2. The zero-order chi connectivity index (χ0) is 56.8. The van der Waals surface area contributed by atoms with Crippen molar-refractivity contribution in [1.29, 1.82) is 0 Å². The van der Waals surface area contributed by atoms with Gasteiger partial charge in [0.1, 0.15) is 41.8 Å². The summed E-state index contributed by atoms with van der Waals surface area (Å²) in [4.78, 5) is 96.6. The number of aliphatic carboxylic acids is 1. The standard InChI is InChI=1S/C55H71FN10O11/c1-6-37-28-40(77-23-10-9-22-60-66-59)20-21-41(37)38-18-16-35(17-19-38)27-44(50(72)61-43(49(57)71)15-11-12-36-25-32(2)24-33(3)26-36)62-51(73)45(29-47(69)70)63-52(74)46(31-67)64-53(75)48(34(4)68)65-54(76)55(5,58)30-39-13-7-8-14-42(39)56/h7-8,13-14,16-21,24-26,28,34,43-46,48,67-68H,6,9-12,15,22-23,27,29-31,58H2,1-5H3,(H2,57,71)(H,61,72)(H,62,73)(H,63,74)(H,64,75)(H,65,76)(H,69,70)/t34-,43+,44+,45+,46+,48+,55+/m1/s1. The Morgan fingerprint density at radius 3 is 2.01 bits per heavy atom. The first-order valence-electron chi connectivity index (χ1n) is 25.3. The Morgan fingerprint density at radius 1 is 0.779 bits per heavy atom. The number of halogens is 1. The van der Waals surface area contributed by atoms with E-state index in [9.17, 15) is 53.3 Å². The number of benzene rings is 4. The van der Waals surface area contributed by atoms with E-state index >= 15 is 0 Å². The number of primary amides is 1. The second kappa shape index (κ2) is 30.0. The summed E-state index contributed by atoms with van der Waals surface area (Å²) in [5, 5.41) is 46.0. The van der Waals surface area contributed by atoms with Crippen LogP contribution in [0.15, 0.2) is 90.0 Å². The number of hydrogen-bond acceptors (Lipinski definition) is 12. The van der Waals surface area contributed by atoms with E-state index < -0.39 is 102 Å². The fraction of sp³-hybridized carbons (Fsp3) is 0.436. The lowest BCUT2D eigenvalue weighted by Gasteiger charge is -2.29. The maximum absolute atomic E-state index is 14.4. The van der Waals surface area contributed by atoms with Crippen LogP contribution in [0.1, 0.15) is 86.3 Å². The van der Waals surface area contributed by atoms with Gasteiger partial charge in [-0.3, -0.25) is 33.6 Å². The highest BCUT2D eigenvalue weighted by molar-refractivity contribution is 5.98. The number of unbranched alkanes of at least 4 members (excludes halogenated alkanes) is 1. The highest BCUT2D eigenvalue weighted by Crippen LogP contribution is 2.29. The first kappa shape index (κ1) is 61.6. The number of ether oxygens (including phenoxy) is 1. The zero-order valence-electron chi connectivity index (χ0n) is 44.0. The molecule has 7 atom stereocenters. The number of carboxylic acid groups (broad SMARTS) is 1. The molecule has 0 radical (unpaired) electrons. The van der Waals surface area contributed by atoms with Gasteiger partial charge in [0.2, 0.25) is 35.4 Å². The molecule has 0 aliphatic rings. The number of azide groups is 1. The fourth-order valence-corrected chi connectivity index (χ4v) is 8.51. The molecule has 4 aromatic carbocycles. The Kier molecular flexibility index (Phi) is 24.0. The second-order valence-corrected chi connectivity index (χ2v) is 19.3. The van der Waals surface area contributed by atoms with Crippen molar-refractivity contribution in [2.75, 3.05) is 19.8 Å². The van der Waals surface area contributed by atoms with Crippen LogP contribution in [0.3, 0.4) is 0 Å². The molecule has 4 aromatic rings. The Labute approximate surface area is 446 Å². The first-order valence-corrected chi connectivity index (χ1v) is 25.3. The van der Waals surface area contributed by atoms with E-state index in [1.165, 1.54) is 25.1 Å². The number of aliphatic hydroxyl groups excluding tert-OH is 2. The summed E-state index contributed by atoms with van der Waals surface area (Å²) < 4.78 is 20.3. The molecule has 0 bridgehead atoms. The average molecular weight is 1070 g/mol. The molecule has 0 saturated carbocycles. The van der Waals surface area contributed by atoms with Crippen LogP contribution in [-0.2, 0) is 59.2 Å². The van der Waals surface area contributed by atoms with Crippen LogP contribution in [0.4, 0.5) is 4.39 Å². The summed E-state index contributed by atoms with van der Waals surface area (Å²) in [7, 11) is 0. The number of amides is 6. The van der Waals surface area contributed by atoms with Gasteiger partial charge in [0.15, 0.2) is 0 Å². The summed E-state index contributed by atoms with van der Waals surface area (Å²) >= 11 is 0. The summed E-state index contributed by atoms with van der Waals surface area (Å²) in [5.41, 5.74) is 25.2. The monoisotopic (exact) mass is 1070 g/mol. The van der Waals surface area contributed by atoms with Gasteiger partial charge in [0.25, 0.3) is 0 Å². The molecule has 0 aromatic heterocycles. The van der Waals surface area contributed by atoms with E-state index in [4.69, 9.17) is 21.7 Å². The van der Waals surface area contributed by atoms with Gasteiger partial charge in [-0.2, -0.15) is 0 Å². The number of carbonyl (C=O) groups is 7. The van der Waals surface area contributed by atoms with Crippen LogP contribution in [0, 0.1) is 19.7 Å². The third-order valence-electron chi connectivity index (χ3n) is 12.6. The maximum Gasteiger partial charge on any atom is 0.305 e. The molecule has 77 heavy (non-hydrogen) atoms. The minimum atomic E-state index is -1.92. The van der Waals surface area contributed by atoms with Crippen LogP contribution in [0.2, 0.25) is 0 Å². The van der Waals surface area contributed by atoms with E-state index in [2.05, 4.69) is 36.6 Å². The summed E-state index contributed by atoms with van der Waals surface area (Å²) in [6.45, 7) is 8.06. The minimum absolute atomic E-state index is 0.0998. The largest absolute Gasteiger partial charge is 0.494 e. The van der Waals surface area contributed by atoms with Crippen molar-refractivity contribution in [3.05, 3.63) is 135 Å². The SMILES string of the molecule is CCc1cc(OCCCCN=[N+]=[N-])ccc1-c1ccc(C[C@H](NC(=O)[C@H](CC(=O)O)NC(=O)[C@H](CO)NC(=O)[C@@H](NC(=O)[C@@](C)(N)Cc2ccccc2F)[C@@H](C)O)C(=O)N[C@@H](CCCc2cc(C)cc(C)c2)C(N)=O)cc1. The van der Waals surface area contributed by atoms with Gasteiger partial charge in [-0.25, -0.2) is 4.39 Å². The maximum atomic E-state index is 14.4. The summed E-state index contributed by atoms with van der Waals surface area (Å²) in [6, 6.07) is 16.2. The van der Waals surface area contributed by atoms with Crippen LogP contribution in [-0.4, -0.2) is 118 Å². The van der Waals surface area contributed by atoms with Crippen molar-refractivity contribution in [3.8, 4) is 16.9 Å². The van der Waals surface area contributed by atoms with Gasteiger partial charge in [0.05, 0.1) is 31.3 Å². The summed E-state index contributed by atoms with van der Waals surface area (Å²) in [6.07, 6.45) is 0.0415. The molecule has 0 saturated heterocycles. The molecule has 0 fully saturated rings. The molecule has 0 heterocycles. The Morgan fingerprint density at radius 2 is 1.40 bits per heavy atom. The van der Waals surface area contributed by atoms with Gasteiger partial charge < -0.3 is 58.1 Å². The molecule has 12 N–H and O–H groups in total. The number of carboxylic acids is 1. The van der Waals surface area contributed by atoms with Gasteiger partial charge in [-0.15, -0.1) is 0 Å². The highest BCUT2D eigenvalue weighted by atomic mass is 19.1. The normalized spacial score (nSPS) is 14.1. The highest BCUT2D eigenvalue weighted by Gasteiger charge is 2.37. The summed E-state index contributed by atoms with van der Waals surface area (Å²) in [5.74, 6) is -7.80. The first-order chi connectivity index (χ1) is 36.5. The number of rotatable bonds is 31. The number of carbonyl (C=O) groups excluding carboxylic acids is 6. The van der Waals surface area contributed by atoms with Gasteiger partial charge in [0, 0.05) is 24.3 Å². The molecule has 0 aliphatic carbocycles. The van der Waals surface area contributed by atoms with E-state index in [0.717, 1.165) is 40.3 Å². The molecule has 4 rings (SSSR count). The van der Waals surface area contributed by atoms with Crippen LogP contribution in [0.5, 0.6) is 5.75 Å². The van der Waals surface area contributed by atoms with Crippen LogP contribution >= 0.6 is 0 Å². The van der Waals surface area contributed by atoms with Crippen LogP contribution in [0.25, 0.3) is 21.6 Å². The minimum Gasteiger partial charge on any atom is -0.494 e. The van der Waals surface area contributed by atoms with Crippen LogP contribution < -0.4 is 42.8 Å². The molecule has 21 nitrogen and oxygen atoms in total. The predicted molar refractivity (Wildman–Crippen MR) is 285 cm³/mol. The molecular weight excluding hydrogens is 996 g/mol. The van der Waals surface area contributed by atoms with Crippen molar-refractivity contribution in [3.63, 3.8) is 0 Å². The van der Waals surface area contributed by atoms with Gasteiger partial charge >= 0.3 is 5.97 Å². The third-order valence-corrected chi connectivity index (χ3v) is 12.6. The Bertz CT molecular complexity index is 2730. The lowest BCUT2D eigenvalue weighted by atomic mass is 9.92. The van der Waals surface area contributed by atoms with E-state index in [0.29, 0.717) is 56.6 Å². The second-order valence-electron chi connectivity index (χ2n) is 19.3. The number of nitrogens with zero attached hydrogens (tertiary/aromatic N) is 3. The topological polar surface area (TPSA) is 350 Å². The van der Waals surface area contributed by atoms with Crippen molar-refractivity contribution in [1.82, 2.24) is 26.6 Å². The van der Waals surface area contributed by atoms with E-state index in [1.807, 2.05) is 69.3 Å². The molecule has 0 spiro atoms. The lowest BCUT2D eigenvalue weighted by Crippen LogP contribution is -2.63. The van der Waals surface area contributed by atoms with Crippen molar-refractivity contribution in [2.24, 2.45) is 16.6 Å². The van der Waals surface area contributed by atoms with E-state index in [-0.39, 0.29) is 24.8 Å². The number of nitrogens with one attached hydrogen (secondary N) is 5. The molecule has 0 aliphatic heterocycles. The Hall–Kier alpha value is -7.91. The fourth-order valence-electron chi connectivity index (χ4n) is 8.51. The van der Waals surface area contributed by atoms with Gasteiger partial charge in [-0.1, -0.05) is 89.9 Å². The van der Waals surface area contributed by atoms with Gasteiger partial charge in [-0.05, 0) is 123 Å². The molecule has 6 amide bonds. The number of aliphatic hydroxyl groups is 2. The third kappa shape index (κ3) is 19.6. The molecular formula is C55H71FN10O11. The van der Waals surface area contributed by atoms with E-state index in [1.54, 1.807) is 18.2 Å². The predicted octanol–water partition coefficient (Wildman–Crippen LogP) is 3.42.